The number of phenolic OH excluding ortho intramolecular Hbond substituents is 1. The van der Waals surface area contributed by atoms with Crippen LogP contribution in [0.3, 0.4) is 0 Å². The number of aliphatic carboxylic acids is 1. The maximum Gasteiger partial charge on any atom is 0.300 e. The number of hydrogen-bond donors (Lipinski definition) is 2. The SMILES string of the molecule is CC(=O)O.CCCC1(c2cccc(O)c2)CCN(CCc2ccccc2)C1. The van der Waals surface area contributed by atoms with E-state index in [-0.39, 0.29) is 5.41 Å². The van der Waals surface area contributed by atoms with Crippen LogP contribution in [0.25, 0.3) is 0 Å². The minimum absolute atomic E-state index is 0.212. The van der Waals surface area contributed by atoms with Crippen molar-refractivity contribution in [2.45, 2.75) is 44.9 Å². The summed E-state index contributed by atoms with van der Waals surface area (Å²) in [5, 5.41) is 17.3. The molecule has 4 nitrogen and oxygen atoms in total. The lowest BCUT2D eigenvalue weighted by atomic mass is 9.76. The van der Waals surface area contributed by atoms with Crippen LogP contribution in [0.4, 0.5) is 0 Å². The van der Waals surface area contributed by atoms with E-state index in [9.17, 15) is 5.11 Å². The zero-order valence-electron chi connectivity index (χ0n) is 16.4. The first-order valence-corrected chi connectivity index (χ1v) is 9.70. The summed E-state index contributed by atoms with van der Waals surface area (Å²) < 4.78 is 0. The summed E-state index contributed by atoms with van der Waals surface area (Å²) in [5.74, 6) is -0.444. The highest BCUT2D eigenvalue weighted by molar-refractivity contribution is 5.62. The molecular formula is C23H31NO3. The van der Waals surface area contributed by atoms with Crippen LogP contribution >= 0.6 is 0 Å². The normalized spacial score (nSPS) is 19.3. The van der Waals surface area contributed by atoms with Gasteiger partial charge in [0.05, 0.1) is 0 Å². The van der Waals surface area contributed by atoms with E-state index in [0.29, 0.717) is 5.75 Å². The van der Waals surface area contributed by atoms with Crippen molar-refractivity contribution in [2.75, 3.05) is 19.6 Å². The molecule has 4 heteroatoms. The molecule has 0 aliphatic carbocycles. The quantitative estimate of drug-likeness (QED) is 0.789. The average Bonchev–Trinajstić information content (AvgIpc) is 3.05. The van der Waals surface area contributed by atoms with Crippen LogP contribution < -0.4 is 0 Å². The van der Waals surface area contributed by atoms with Gasteiger partial charge in [0.15, 0.2) is 0 Å². The van der Waals surface area contributed by atoms with Crippen molar-refractivity contribution in [2.24, 2.45) is 0 Å². The molecule has 0 spiro atoms. The Morgan fingerprint density at radius 3 is 2.48 bits per heavy atom. The molecule has 0 saturated carbocycles. The third-order valence-corrected chi connectivity index (χ3v) is 5.18. The Labute approximate surface area is 162 Å². The summed E-state index contributed by atoms with van der Waals surface area (Å²) in [5.41, 5.74) is 2.93. The number of likely N-dealkylation sites (tertiary alicyclic amines) is 1. The van der Waals surface area contributed by atoms with E-state index in [2.05, 4.69) is 48.2 Å². The van der Waals surface area contributed by atoms with Crippen LogP contribution in [-0.4, -0.2) is 40.7 Å². The van der Waals surface area contributed by atoms with E-state index in [1.807, 2.05) is 12.1 Å². The summed E-state index contributed by atoms with van der Waals surface area (Å²) >= 11 is 0. The fraction of sp³-hybridized carbons (Fsp3) is 0.435. The molecule has 1 fully saturated rings. The molecule has 0 amide bonds. The van der Waals surface area contributed by atoms with Crippen molar-refractivity contribution in [3.63, 3.8) is 0 Å². The van der Waals surface area contributed by atoms with Gasteiger partial charge in [-0.25, -0.2) is 0 Å². The molecule has 0 radical (unpaired) electrons. The molecule has 1 unspecified atom stereocenters. The Morgan fingerprint density at radius 1 is 1.15 bits per heavy atom. The zero-order valence-corrected chi connectivity index (χ0v) is 16.4. The van der Waals surface area contributed by atoms with Crippen molar-refractivity contribution in [3.05, 3.63) is 65.7 Å². The van der Waals surface area contributed by atoms with E-state index in [4.69, 9.17) is 9.90 Å². The molecule has 2 N–H and O–H groups in total. The van der Waals surface area contributed by atoms with Gasteiger partial charge >= 0.3 is 0 Å². The molecule has 2 aromatic carbocycles. The van der Waals surface area contributed by atoms with Crippen molar-refractivity contribution in [1.29, 1.82) is 0 Å². The van der Waals surface area contributed by atoms with E-state index in [0.717, 1.165) is 33.0 Å². The van der Waals surface area contributed by atoms with Gasteiger partial charge < -0.3 is 15.1 Å². The maximum absolute atomic E-state index is 9.86. The Balaban J connectivity index is 0.000000596. The van der Waals surface area contributed by atoms with E-state index < -0.39 is 5.97 Å². The molecule has 2 aromatic rings. The first-order valence-electron chi connectivity index (χ1n) is 9.70. The molecule has 0 bridgehead atoms. The van der Waals surface area contributed by atoms with Crippen molar-refractivity contribution < 1.29 is 15.0 Å². The van der Waals surface area contributed by atoms with Gasteiger partial charge in [0.1, 0.15) is 5.75 Å². The molecule has 27 heavy (non-hydrogen) atoms. The standard InChI is InChI=1S/C21H27NO.C2H4O2/c1-2-12-21(19-9-6-10-20(23)16-19)13-15-22(17-21)14-11-18-7-4-3-5-8-18;1-2(3)4/h3-10,16,23H,2,11-15,17H2,1H3;1H3,(H,3,4). The molecule has 3 rings (SSSR count). The Morgan fingerprint density at radius 2 is 1.85 bits per heavy atom. The minimum atomic E-state index is -0.833. The van der Waals surface area contributed by atoms with Crippen LogP contribution in [0.2, 0.25) is 0 Å². The predicted molar refractivity (Wildman–Crippen MR) is 109 cm³/mol. The third-order valence-electron chi connectivity index (χ3n) is 5.18. The number of rotatable bonds is 6. The molecule has 1 aliphatic rings. The molecule has 146 valence electrons. The Bertz CT molecular complexity index is 713. The Kier molecular flexibility index (Phi) is 7.86. The molecule has 1 atom stereocenters. The number of carboxylic acid groups (broad SMARTS) is 1. The molecule has 1 saturated heterocycles. The minimum Gasteiger partial charge on any atom is -0.508 e. The van der Waals surface area contributed by atoms with Gasteiger partial charge in [0, 0.05) is 25.4 Å². The van der Waals surface area contributed by atoms with Gasteiger partial charge in [0.25, 0.3) is 5.97 Å². The fourth-order valence-electron chi connectivity index (χ4n) is 3.98. The summed E-state index contributed by atoms with van der Waals surface area (Å²) in [6.07, 6.45) is 4.68. The van der Waals surface area contributed by atoms with Crippen molar-refractivity contribution in [1.82, 2.24) is 4.90 Å². The highest BCUT2D eigenvalue weighted by atomic mass is 16.4. The van der Waals surface area contributed by atoms with Crippen LogP contribution in [0.5, 0.6) is 5.75 Å². The third kappa shape index (κ3) is 6.40. The molecule has 0 aromatic heterocycles. The largest absolute Gasteiger partial charge is 0.508 e. The van der Waals surface area contributed by atoms with Crippen LogP contribution in [-0.2, 0) is 16.6 Å². The average molecular weight is 370 g/mol. The number of nitrogens with zero attached hydrogens (tertiary/aromatic N) is 1. The second-order valence-corrected chi connectivity index (χ2v) is 7.36. The van der Waals surface area contributed by atoms with Crippen LogP contribution in [0.1, 0.15) is 44.2 Å². The van der Waals surface area contributed by atoms with Gasteiger partial charge in [-0.1, -0.05) is 55.8 Å². The van der Waals surface area contributed by atoms with E-state index >= 15 is 0 Å². The number of benzene rings is 2. The van der Waals surface area contributed by atoms with Gasteiger partial charge in [0.2, 0.25) is 0 Å². The lowest BCUT2D eigenvalue weighted by Crippen LogP contribution is -2.32. The van der Waals surface area contributed by atoms with Gasteiger partial charge in [-0.3, -0.25) is 4.79 Å². The number of hydrogen-bond acceptors (Lipinski definition) is 3. The first kappa shape index (κ1) is 21.0. The first-order chi connectivity index (χ1) is 12.9. The topological polar surface area (TPSA) is 60.8 Å². The number of carbonyl (C=O) groups is 1. The zero-order chi connectivity index (χ0) is 19.7. The smallest absolute Gasteiger partial charge is 0.300 e. The van der Waals surface area contributed by atoms with Gasteiger partial charge in [-0.05, 0) is 49.1 Å². The number of phenols is 1. The van der Waals surface area contributed by atoms with E-state index in [1.165, 1.54) is 30.4 Å². The number of carboxylic acids is 1. The van der Waals surface area contributed by atoms with Crippen molar-refractivity contribution >= 4 is 5.97 Å². The summed E-state index contributed by atoms with van der Waals surface area (Å²) in [6, 6.07) is 18.6. The molecule has 1 aliphatic heterocycles. The molecular weight excluding hydrogens is 338 g/mol. The summed E-state index contributed by atoms with van der Waals surface area (Å²) in [7, 11) is 0. The second-order valence-electron chi connectivity index (χ2n) is 7.36. The fourth-order valence-corrected chi connectivity index (χ4v) is 3.98. The summed E-state index contributed by atoms with van der Waals surface area (Å²) in [4.78, 5) is 11.6. The van der Waals surface area contributed by atoms with Crippen LogP contribution in [0, 0.1) is 0 Å². The van der Waals surface area contributed by atoms with Crippen molar-refractivity contribution in [3.8, 4) is 5.75 Å². The second kappa shape index (κ2) is 10.1. The Hall–Kier alpha value is -2.33. The highest BCUT2D eigenvalue weighted by Crippen LogP contribution is 2.39. The monoisotopic (exact) mass is 369 g/mol. The number of aromatic hydroxyl groups is 1. The van der Waals surface area contributed by atoms with E-state index in [1.54, 1.807) is 6.07 Å². The molecule has 1 heterocycles. The van der Waals surface area contributed by atoms with Crippen LogP contribution in [0.15, 0.2) is 54.6 Å². The van der Waals surface area contributed by atoms with Gasteiger partial charge in [-0.15, -0.1) is 0 Å². The maximum atomic E-state index is 9.86. The highest BCUT2D eigenvalue weighted by Gasteiger charge is 2.38. The summed E-state index contributed by atoms with van der Waals surface area (Å²) in [6.45, 7) is 6.73. The lowest BCUT2D eigenvalue weighted by molar-refractivity contribution is -0.134. The lowest BCUT2D eigenvalue weighted by Gasteiger charge is -2.30. The van der Waals surface area contributed by atoms with Gasteiger partial charge in [-0.2, -0.15) is 0 Å². The predicted octanol–water partition coefficient (Wildman–Crippen LogP) is 4.47.